The topological polar surface area (TPSA) is 29.0 Å². The average molecular weight is 295 g/mol. The van der Waals surface area contributed by atoms with E-state index in [1.54, 1.807) is 0 Å². The van der Waals surface area contributed by atoms with Crippen LogP contribution in [-0.4, -0.2) is 28.0 Å². The molecule has 0 amide bonds. The zero-order chi connectivity index (χ0) is 15.4. The number of hydrogen-bond acceptors (Lipinski definition) is 3. The first-order valence-electron chi connectivity index (χ1n) is 8.33. The maximum atomic E-state index is 4.41. The second kappa shape index (κ2) is 7.01. The normalized spacial score (nSPS) is 19.3. The predicted octanol–water partition coefficient (Wildman–Crippen LogP) is 3.73. The van der Waals surface area contributed by atoms with Crippen LogP contribution >= 0.6 is 0 Å². The highest BCUT2D eigenvalue weighted by atomic mass is 15.1. The lowest BCUT2D eigenvalue weighted by atomic mass is 9.90. The largest absolute Gasteiger partial charge is 0.298 e. The van der Waals surface area contributed by atoms with Gasteiger partial charge < -0.3 is 0 Å². The molecule has 0 radical (unpaired) electrons. The van der Waals surface area contributed by atoms with Gasteiger partial charge in [0.2, 0.25) is 0 Å². The molecule has 1 aromatic carbocycles. The van der Waals surface area contributed by atoms with Gasteiger partial charge in [-0.3, -0.25) is 4.90 Å². The third kappa shape index (κ3) is 3.72. The van der Waals surface area contributed by atoms with E-state index in [0.29, 0.717) is 5.92 Å². The Labute approximate surface area is 133 Å². The zero-order valence-corrected chi connectivity index (χ0v) is 13.6. The van der Waals surface area contributed by atoms with E-state index >= 15 is 0 Å². The van der Waals surface area contributed by atoms with Gasteiger partial charge in [0.25, 0.3) is 0 Å². The third-order valence-electron chi connectivity index (χ3n) is 4.50. The number of likely N-dealkylation sites (tertiary alicyclic amines) is 1. The van der Waals surface area contributed by atoms with Crippen LogP contribution in [0.1, 0.15) is 48.2 Å². The molecule has 1 fully saturated rings. The fourth-order valence-electron chi connectivity index (χ4n) is 3.30. The molecule has 0 unspecified atom stereocenters. The third-order valence-corrected chi connectivity index (χ3v) is 4.50. The van der Waals surface area contributed by atoms with Crippen molar-refractivity contribution >= 4 is 0 Å². The van der Waals surface area contributed by atoms with Crippen molar-refractivity contribution < 1.29 is 0 Å². The minimum atomic E-state index is 0.657. The van der Waals surface area contributed by atoms with Crippen LogP contribution < -0.4 is 0 Å². The molecule has 0 spiro atoms. The highest BCUT2D eigenvalue weighted by molar-refractivity contribution is 5.26. The second-order valence-corrected chi connectivity index (χ2v) is 6.35. The number of hydrogen-bond donors (Lipinski definition) is 0. The lowest BCUT2D eigenvalue weighted by molar-refractivity contribution is 0.200. The predicted molar refractivity (Wildman–Crippen MR) is 89.8 cm³/mol. The molecule has 116 valence electrons. The van der Waals surface area contributed by atoms with Crippen LogP contribution in [0.3, 0.4) is 0 Å². The van der Waals surface area contributed by atoms with Crippen molar-refractivity contribution in [2.24, 2.45) is 0 Å². The maximum Gasteiger partial charge on any atom is 0.127 e. The van der Waals surface area contributed by atoms with E-state index in [1.807, 2.05) is 12.4 Å². The van der Waals surface area contributed by atoms with Crippen molar-refractivity contribution in [3.8, 4) is 0 Å². The van der Waals surface area contributed by atoms with Crippen molar-refractivity contribution in [3.63, 3.8) is 0 Å². The molecular weight excluding hydrogens is 270 g/mol. The molecular formula is C19H25N3. The summed E-state index contributed by atoms with van der Waals surface area (Å²) in [6.45, 7) is 7.55. The highest BCUT2D eigenvalue weighted by Gasteiger charge is 2.21. The molecule has 0 N–H and O–H groups in total. The Balaban J connectivity index is 1.65. The van der Waals surface area contributed by atoms with Gasteiger partial charge in [-0.2, -0.15) is 0 Å². The van der Waals surface area contributed by atoms with Gasteiger partial charge in [0.15, 0.2) is 0 Å². The van der Waals surface area contributed by atoms with Gasteiger partial charge in [-0.05, 0) is 37.8 Å². The number of benzene rings is 1. The Morgan fingerprint density at radius 2 is 2.05 bits per heavy atom. The van der Waals surface area contributed by atoms with Crippen LogP contribution in [0.4, 0.5) is 0 Å². The van der Waals surface area contributed by atoms with E-state index < -0.39 is 0 Å². The molecule has 1 saturated heterocycles. The van der Waals surface area contributed by atoms with E-state index in [4.69, 9.17) is 0 Å². The van der Waals surface area contributed by atoms with Gasteiger partial charge >= 0.3 is 0 Å². The smallest absolute Gasteiger partial charge is 0.127 e. The monoisotopic (exact) mass is 295 g/mol. The van der Waals surface area contributed by atoms with E-state index in [2.05, 4.69) is 53.0 Å². The summed E-state index contributed by atoms with van der Waals surface area (Å²) in [5, 5.41) is 0. The van der Waals surface area contributed by atoms with Gasteiger partial charge in [0.05, 0.1) is 0 Å². The fraction of sp³-hybridized carbons (Fsp3) is 0.474. The van der Waals surface area contributed by atoms with E-state index in [1.165, 1.54) is 36.1 Å². The molecule has 0 aliphatic carbocycles. The molecule has 3 heteroatoms. The van der Waals surface area contributed by atoms with E-state index in [9.17, 15) is 0 Å². The van der Waals surface area contributed by atoms with Crippen LogP contribution in [0.2, 0.25) is 0 Å². The number of aryl methyl sites for hydroxylation is 2. The molecule has 1 aliphatic rings. The summed E-state index contributed by atoms with van der Waals surface area (Å²) in [5.74, 6) is 1.59. The van der Waals surface area contributed by atoms with E-state index in [-0.39, 0.29) is 0 Å². The first kappa shape index (κ1) is 15.2. The van der Waals surface area contributed by atoms with Crippen molar-refractivity contribution in [3.05, 3.63) is 59.2 Å². The first-order chi connectivity index (χ1) is 10.7. The molecule has 3 nitrogen and oxygen atoms in total. The van der Waals surface area contributed by atoms with Gasteiger partial charge in [-0.25, -0.2) is 9.97 Å². The quantitative estimate of drug-likeness (QED) is 0.860. The molecule has 0 bridgehead atoms. The Bertz CT molecular complexity index is 606. The van der Waals surface area contributed by atoms with E-state index in [0.717, 1.165) is 25.3 Å². The van der Waals surface area contributed by atoms with Crippen LogP contribution in [-0.2, 0) is 13.0 Å². The summed E-state index contributed by atoms with van der Waals surface area (Å²) in [4.78, 5) is 11.4. The highest BCUT2D eigenvalue weighted by Crippen LogP contribution is 2.28. The van der Waals surface area contributed by atoms with Crippen molar-refractivity contribution in [1.29, 1.82) is 0 Å². The van der Waals surface area contributed by atoms with Gasteiger partial charge in [0.1, 0.15) is 5.82 Å². The fourth-order valence-corrected chi connectivity index (χ4v) is 3.30. The summed E-state index contributed by atoms with van der Waals surface area (Å²) < 4.78 is 0. The molecule has 2 aromatic rings. The summed E-state index contributed by atoms with van der Waals surface area (Å²) in [7, 11) is 0. The Hall–Kier alpha value is -1.74. The molecule has 1 aliphatic heterocycles. The zero-order valence-electron chi connectivity index (χ0n) is 13.6. The second-order valence-electron chi connectivity index (χ2n) is 6.35. The SMILES string of the molecule is CCc1ncc(CN2CCC[C@@H](c3cccc(C)c3)C2)cn1. The van der Waals surface area contributed by atoms with Crippen molar-refractivity contribution in [2.45, 2.75) is 45.6 Å². The maximum absolute atomic E-state index is 4.41. The molecule has 1 aromatic heterocycles. The van der Waals surface area contributed by atoms with Crippen LogP contribution in [0, 0.1) is 6.92 Å². The van der Waals surface area contributed by atoms with Gasteiger partial charge in [-0.15, -0.1) is 0 Å². The van der Waals surface area contributed by atoms with Crippen LogP contribution in [0.5, 0.6) is 0 Å². The lowest BCUT2D eigenvalue weighted by Gasteiger charge is -2.33. The van der Waals surface area contributed by atoms with Crippen LogP contribution in [0.25, 0.3) is 0 Å². The summed E-state index contributed by atoms with van der Waals surface area (Å²) >= 11 is 0. The van der Waals surface area contributed by atoms with Crippen molar-refractivity contribution in [2.75, 3.05) is 13.1 Å². The van der Waals surface area contributed by atoms with Gasteiger partial charge in [-0.1, -0.05) is 36.8 Å². The number of rotatable bonds is 4. The summed E-state index contributed by atoms with van der Waals surface area (Å²) in [6.07, 6.45) is 7.45. The molecule has 3 rings (SSSR count). The molecule has 0 saturated carbocycles. The minimum absolute atomic E-state index is 0.657. The number of nitrogens with zero attached hydrogens (tertiary/aromatic N) is 3. The Morgan fingerprint density at radius 3 is 2.77 bits per heavy atom. The van der Waals surface area contributed by atoms with Crippen LogP contribution in [0.15, 0.2) is 36.7 Å². The minimum Gasteiger partial charge on any atom is -0.298 e. The van der Waals surface area contributed by atoms with Crippen molar-refractivity contribution in [1.82, 2.24) is 14.9 Å². The lowest BCUT2D eigenvalue weighted by Crippen LogP contribution is -2.34. The first-order valence-corrected chi connectivity index (χ1v) is 8.33. The molecule has 1 atom stereocenters. The molecule has 2 heterocycles. The Morgan fingerprint density at radius 1 is 1.23 bits per heavy atom. The number of piperidine rings is 1. The average Bonchev–Trinajstić information content (AvgIpc) is 2.56. The summed E-state index contributed by atoms with van der Waals surface area (Å²) in [5.41, 5.74) is 4.07. The summed E-state index contributed by atoms with van der Waals surface area (Å²) in [6, 6.07) is 8.98. The Kier molecular flexibility index (Phi) is 4.84. The standard InChI is InChI=1S/C19H25N3/c1-3-19-20-11-16(12-21-19)13-22-9-5-8-18(14-22)17-7-4-6-15(2)10-17/h4,6-7,10-12,18H,3,5,8-9,13-14H2,1-2H3/t18-/m1/s1. The van der Waals surface area contributed by atoms with Gasteiger partial charge in [0, 0.05) is 37.5 Å². The molecule has 22 heavy (non-hydrogen) atoms. The number of aromatic nitrogens is 2.